The molecule has 11 heteroatoms. The largest absolute Gasteiger partial charge is 0.477 e. The Bertz CT molecular complexity index is 818. The molecule has 0 unspecified atom stereocenters. The van der Waals surface area contributed by atoms with Crippen molar-refractivity contribution in [2.24, 2.45) is 5.10 Å². The molecule has 0 radical (unpaired) electrons. The predicted octanol–water partition coefficient (Wildman–Crippen LogP) is 2.95. The lowest BCUT2D eigenvalue weighted by atomic mass is 10.3. The van der Waals surface area contributed by atoms with Gasteiger partial charge in [-0.3, -0.25) is 0 Å². The molecule has 3 rings (SSSR count). The van der Waals surface area contributed by atoms with E-state index in [1.54, 1.807) is 6.07 Å². The first-order chi connectivity index (χ1) is 10.8. The van der Waals surface area contributed by atoms with Crippen molar-refractivity contribution in [1.29, 1.82) is 0 Å². The van der Waals surface area contributed by atoms with Gasteiger partial charge in [-0.2, -0.15) is 18.3 Å². The first-order valence-corrected chi connectivity index (χ1v) is 6.51. The molecule has 1 aliphatic heterocycles. The topological polar surface area (TPSA) is 83.4 Å². The highest BCUT2D eigenvalue weighted by Gasteiger charge is 2.48. The number of hydrogen-bond acceptors (Lipinski definition) is 5. The summed E-state index contributed by atoms with van der Waals surface area (Å²) in [6, 6.07) is 4.19. The van der Waals surface area contributed by atoms with E-state index in [-0.39, 0.29) is 36.2 Å². The van der Waals surface area contributed by atoms with Crippen LogP contribution >= 0.6 is 11.6 Å². The Morgan fingerprint density at radius 1 is 1.38 bits per heavy atom. The lowest BCUT2D eigenvalue weighted by Gasteiger charge is -2.05. The molecule has 0 saturated carbocycles. The Hall–Kier alpha value is -2.62. The molecule has 0 atom stereocenters. The van der Waals surface area contributed by atoms with Gasteiger partial charge in [0.05, 0.1) is 17.3 Å². The van der Waals surface area contributed by atoms with Crippen LogP contribution in [0.2, 0.25) is 5.02 Å². The van der Waals surface area contributed by atoms with Gasteiger partial charge in [0.25, 0.3) is 5.84 Å². The maximum atomic E-state index is 12.4. The number of aromatic nitrogens is 3. The predicted molar refractivity (Wildman–Crippen MR) is 79.1 cm³/mol. The Kier molecular flexibility index (Phi) is 4.52. The molecule has 2 aromatic heterocycles. The second-order valence-electron chi connectivity index (χ2n) is 4.53. The van der Waals surface area contributed by atoms with Gasteiger partial charge in [-0.25, -0.2) is 19.5 Å². The van der Waals surface area contributed by atoms with Crippen molar-refractivity contribution in [2.45, 2.75) is 20.1 Å². The molecular weight excluding hydrogens is 351 g/mol. The average Bonchev–Trinajstić information content (AvgIpc) is 3.10. The fourth-order valence-electron chi connectivity index (χ4n) is 1.91. The summed E-state index contributed by atoms with van der Waals surface area (Å²) < 4.78 is 38.2. The summed E-state index contributed by atoms with van der Waals surface area (Å²) in [5, 5.41) is 17.2. The third-order valence-corrected chi connectivity index (χ3v) is 3.20. The van der Waals surface area contributed by atoms with E-state index < -0.39 is 18.0 Å². The second-order valence-corrected chi connectivity index (χ2v) is 4.93. The van der Waals surface area contributed by atoms with Crippen molar-refractivity contribution in [3.63, 3.8) is 0 Å². The van der Waals surface area contributed by atoms with Crippen molar-refractivity contribution in [3.05, 3.63) is 40.8 Å². The third-order valence-electron chi connectivity index (χ3n) is 2.90. The molecule has 1 aliphatic rings. The highest BCUT2D eigenvalue weighted by Crippen LogP contribution is 2.30. The molecule has 0 saturated heterocycles. The van der Waals surface area contributed by atoms with Gasteiger partial charge in [0, 0.05) is 6.20 Å². The van der Waals surface area contributed by atoms with Crippen LogP contribution in [0.4, 0.5) is 13.2 Å². The van der Waals surface area contributed by atoms with Gasteiger partial charge in [-0.1, -0.05) is 19.0 Å². The summed E-state index contributed by atoms with van der Waals surface area (Å²) in [6.45, 7) is -0.299. The number of aromatic carboxylic acids is 1. The number of hydrogen-bond donors (Lipinski definition) is 1. The summed E-state index contributed by atoms with van der Waals surface area (Å²) in [5.41, 5.74) is -0.178. The zero-order valence-corrected chi connectivity index (χ0v) is 11.9. The van der Waals surface area contributed by atoms with Gasteiger partial charge < -0.3 is 5.11 Å². The van der Waals surface area contributed by atoms with E-state index in [4.69, 9.17) is 11.6 Å². The summed E-state index contributed by atoms with van der Waals surface area (Å²) in [6.07, 6.45) is -3.15. The molecule has 24 heavy (non-hydrogen) atoms. The van der Waals surface area contributed by atoms with Crippen molar-refractivity contribution in [3.8, 4) is 5.82 Å². The average molecular weight is 362 g/mol. The molecule has 0 aliphatic carbocycles. The molecule has 0 aromatic carbocycles. The van der Waals surface area contributed by atoms with E-state index in [0.29, 0.717) is 5.01 Å². The Morgan fingerprint density at radius 3 is 2.62 bits per heavy atom. The minimum Gasteiger partial charge on any atom is -0.477 e. The standard InChI is InChI=1S/C12H7ClF3N5O2.CH4/c13-7-2-1-3-17-9(7)21-8(10(22)23)4-6(18-21)5-20-11(19-20)12(14,15)16;/h1-4H,5H2,(H,22,23);1H4. The maximum Gasteiger partial charge on any atom is 0.453 e. The van der Waals surface area contributed by atoms with Gasteiger partial charge in [0.1, 0.15) is 0 Å². The lowest BCUT2D eigenvalue weighted by molar-refractivity contribution is -0.0602. The number of rotatable bonds is 4. The van der Waals surface area contributed by atoms with Crippen molar-refractivity contribution >= 4 is 23.4 Å². The maximum absolute atomic E-state index is 12.4. The summed E-state index contributed by atoms with van der Waals surface area (Å²) in [5.74, 6) is -2.27. The number of nitrogens with zero attached hydrogens (tertiary/aromatic N) is 5. The Labute approximate surface area is 139 Å². The van der Waals surface area contributed by atoms with Gasteiger partial charge in [0.15, 0.2) is 11.5 Å². The van der Waals surface area contributed by atoms with Crippen LogP contribution in [-0.2, 0) is 6.54 Å². The van der Waals surface area contributed by atoms with Crippen LogP contribution in [0.3, 0.4) is 0 Å². The zero-order valence-electron chi connectivity index (χ0n) is 11.1. The highest BCUT2D eigenvalue weighted by atomic mass is 35.5. The molecule has 2 aromatic rings. The van der Waals surface area contributed by atoms with Crippen molar-refractivity contribution in [1.82, 2.24) is 19.8 Å². The minimum absolute atomic E-state index is 0. The molecule has 3 heterocycles. The number of carboxylic acids is 1. The molecule has 0 bridgehead atoms. The first-order valence-electron chi connectivity index (χ1n) is 6.14. The number of pyridine rings is 1. The van der Waals surface area contributed by atoms with Crippen LogP contribution in [-0.4, -0.2) is 42.9 Å². The summed E-state index contributed by atoms with van der Waals surface area (Å²) in [4.78, 5) is 15.2. The number of carboxylic acid groups (broad SMARTS) is 1. The zero-order chi connectivity index (χ0) is 16.8. The Balaban J connectivity index is 0.00000208. The number of alkyl halides is 3. The van der Waals surface area contributed by atoms with Gasteiger partial charge in [-0.05, 0) is 18.2 Å². The van der Waals surface area contributed by atoms with E-state index in [1.165, 1.54) is 12.3 Å². The van der Waals surface area contributed by atoms with Gasteiger partial charge in [0.2, 0.25) is 0 Å². The normalized spacial score (nSPS) is 13.3. The third kappa shape index (κ3) is 3.32. The van der Waals surface area contributed by atoms with E-state index in [1.807, 2.05) is 0 Å². The van der Waals surface area contributed by atoms with E-state index >= 15 is 0 Å². The molecule has 1 N–H and O–H groups in total. The molecule has 0 fully saturated rings. The summed E-state index contributed by atoms with van der Waals surface area (Å²) >= 11 is 5.95. The fourth-order valence-corrected chi connectivity index (χ4v) is 2.11. The molecule has 0 amide bonds. The van der Waals surface area contributed by atoms with Crippen LogP contribution in [0, 0.1) is 0 Å². The van der Waals surface area contributed by atoms with Crippen molar-refractivity contribution in [2.75, 3.05) is 0 Å². The monoisotopic (exact) mass is 361 g/mol. The van der Waals surface area contributed by atoms with Crippen LogP contribution in [0.5, 0.6) is 0 Å². The van der Waals surface area contributed by atoms with Crippen molar-refractivity contribution < 1.29 is 23.1 Å². The molecule has 7 nitrogen and oxygen atoms in total. The quantitative estimate of drug-likeness (QED) is 0.905. The van der Waals surface area contributed by atoms with Crippen LogP contribution < -0.4 is 0 Å². The van der Waals surface area contributed by atoms with Crippen LogP contribution in [0.15, 0.2) is 29.5 Å². The summed E-state index contributed by atoms with van der Waals surface area (Å²) in [7, 11) is 0. The first kappa shape index (κ1) is 17.7. The molecular formula is C13H11ClF3N5O2. The number of carbonyl (C=O) groups is 1. The van der Waals surface area contributed by atoms with Gasteiger partial charge >= 0.3 is 12.1 Å². The van der Waals surface area contributed by atoms with E-state index in [9.17, 15) is 23.1 Å². The Morgan fingerprint density at radius 2 is 2.08 bits per heavy atom. The smallest absolute Gasteiger partial charge is 0.453 e. The molecule has 0 spiro atoms. The number of hydrazone groups is 1. The fraction of sp³-hybridized carbons (Fsp3) is 0.231. The lowest BCUT2D eigenvalue weighted by Crippen LogP contribution is -2.22. The van der Waals surface area contributed by atoms with E-state index in [0.717, 1.165) is 10.7 Å². The number of amidine groups is 1. The van der Waals surface area contributed by atoms with Crippen LogP contribution in [0.1, 0.15) is 23.6 Å². The van der Waals surface area contributed by atoms with Crippen LogP contribution in [0.25, 0.3) is 5.82 Å². The highest BCUT2D eigenvalue weighted by molar-refractivity contribution is 6.32. The minimum atomic E-state index is -4.54. The second kappa shape index (κ2) is 6.11. The number of halogens is 4. The van der Waals surface area contributed by atoms with Gasteiger partial charge in [-0.15, -0.1) is 5.10 Å². The molecule has 128 valence electrons. The SMILES string of the molecule is C.O=C(O)c1cc(CN2N=C2C(F)(F)F)nn1-c1ncccc1Cl. The van der Waals surface area contributed by atoms with E-state index in [2.05, 4.69) is 15.2 Å².